The van der Waals surface area contributed by atoms with Gasteiger partial charge in [-0.1, -0.05) is 17.7 Å². The van der Waals surface area contributed by atoms with E-state index in [1.54, 1.807) is 24.4 Å². The SMILES string of the molecule is O=C(O)c1cccc(NC2CCN(c3ncccc3Cl)C2)n1. The van der Waals surface area contributed by atoms with Gasteiger partial charge in [0.05, 0.1) is 5.02 Å². The molecule has 7 heteroatoms. The van der Waals surface area contributed by atoms with Crippen molar-refractivity contribution in [1.82, 2.24) is 9.97 Å². The summed E-state index contributed by atoms with van der Waals surface area (Å²) in [6.45, 7) is 1.59. The van der Waals surface area contributed by atoms with Crippen LogP contribution in [0.2, 0.25) is 5.02 Å². The van der Waals surface area contributed by atoms with Crippen molar-refractivity contribution in [3.63, 3.8) is 0 Å². The van der Waals surface area contributed by atoms with Crippen LogP contribution in [0.3, 0.4) is 0 Å². The van der Waals surface area contributed by atoms with Gasteiger partial charge < -0.3 is 15.3 Å². The zero-order valence-corrected chi connectivity index (χ0v) is 12.5. The van der Waals surface area contributed by atoms with Crippen molar-refractivity contribution in [2.24, 2.45) is 0 Å². The molecular weight excluding hydrogens is 304 g/mol. The molecule has 2 aromatic rings. The maximum atomic E-state index is 10.9. The average Bonchev–Trinajstić information content (AvgIpc) is 2.96. The number of hydrogen-bond donors (Lipinski definition) is 2. The van der Waals surface area contributed by atoms with E-state index in [4.69, 9.17) is 16.7 Å². The number of hydrogen-bond acceptors (Lipinski definition) is 5. The third kappa shape index (κ3) is 3.12. The number of carbonyl (C=O) groups is 1. The van der Waals surface area contributed by atoms with Crippen LogP contribution in [0.25, 0.3) is 0 Å². The highest BCUT2D eigenvalue weighted by atomic mass is 35.5. The van der Waals surface area contributed by atoms with Gasteiger partial charge in [0.25, 0.3) is 0 Å². The Morgan fingerprint density at radius 3 is 3.00 bits per heavy atom. The van der Waals surface area contributed by atoms with Gasteiger partial charge in [0.2, 0.25) is 0 Å². The number of carboxylic acids is 1. The summed E-state index contributed by atoms with van der Waals surface area (Å²) < 4.78 is 0. The van der Waals surface area contributed by atoms with Crippen LogP contribution in [0.15, 0.2) is 36.5 Å². The summed E-state index contributed by atoms with van der Waals surface area (Å²) in [5, 5.41) is 12.9. The van der Waals surface area contributed by atoms with Gasteiger partial charge in [-0.05, 0) is 30.7 Å². The third-order valence-electron chi connectivity index (χ3n) is 3.55. The molecule has 2 aromatic heterocycles. The van der Waals surface area contributed by atoms with E-state index in [1.807, 2.05) is 6.07 Å². The fourth-order valence-electron chi connectivity index (χ4n) is 2.52. The van der Waals surface area contributed by atoms with Crippen LogP contribution in [-0.4, -0.2) is 40.2 Å². The molecule has 114 valence electrons. The first kappa shape index (κ1) is 14.6. The third-order valence-corrected chi connectivity index (χ3v) is 3.84. The van der Waals surface area contributed by atoms with Crippen LogP contribution < -0.4 is 10.2 Å². The van der Waals surface area contributed by atoms with Crippen LogP contribution >= 0.6 is 11.6 Å². The molecule has 3 heterocycles. The molecule has 2 N–H and O–H groups in total. The van der Waals surface area contributed by atoms with E-state index in [0.29, 0.717) is 10.8 Å². The van der Waals surface area contributed by atoms with Crippen LogP contribution in [0.4, 0.5) is 11.6 Å². The monoisotopic (exact) mass is 318 g/mol. The number of rotatable bonds is 4. The minimum absolute atomic E-state index is 0.0348. The van der Waals surface area contributed by atoms with Crippen molar-refractivity contribution in [3.05, 3.63) is 47.2 Å². The fourth-order valence-corrected chi connectivity index (χ4v) is 2.76. The molecule has 0 bridgehead atoms. The highest BCUT2D eigenvalue weighted by Gasteiger charge is 2.25. The van der Waals surface area contributed by atoms with Crippen molar-refractivity contribution in [1.29, 1.82) is 0 Å². The Morgan fingerprint density at radius 2 is 2.23 bits per heavy atom. The van der Waals surface area contributed by atoms with Gasteiger partial charge in [-0.2, -0.15) is 0 Å². The molecule has 6 nitrogen and oxygen atoms in total. The standard InChI is InChI=1S/C15H15ClN4O2/c16-11-3-2-7-17-14(11)20-8-6-10(9-20)18-13-5-1-4-12(19-13)15(21)22/h1-5,7,10H,6,8-9H2,(H,18,19)(H,21,22). The molecule has 0 amide bonds. The molecule has 1 atom stereocenters. The maximum absolute atomic E-state index is 10.9. The maximum Gasteiger partial charge on any atom is 0.354 e. The van der Waals surface area contributed by atoms with E-state index in [-0.39, 0.29) is 11.7 Å². The first-order valence-electron chi connectivity index (χ1n) is 6.96. The van der Waals surface area contributed by atoms with Crippen molar-refractivity contribution in [3.8, 4) is 0 Å². The molecule has 1 fully saturated rings. The van der Waals surface area contributed by atoms with Crippen LogP contribution in [-0.2, 0) is 0 Å². The molecule has 0 saturated carbocycles. The lowest BCUT2D eigenvalue weighted by atomic mass is 10.2. The second-order valence-corrected chi connectivity index (χ2v) is 5.51. The van der Waals surface area contributed by atoms with Crippen molar-refractivity contribution in [2.75, 3.05) is 23.3 Å². The number of anilines is 2. The van der Waals surface area contributed by atoms with Crippen molar-refractivity contribution < 1.29 is 9.90 Å². The van der Waals surface area contributed by atoms with Gasteiger partial charge in [-0.25, -0.2) is 14.8 Å². The number of pyridine rings is 2. The highest BCUT2D eigenvalue weighted by molar-refractivity contribution is 6.32. The number of halogens is 1. The zero-order valence-electron chi connectivity index (χ0n) is 11.7. The zero-order chi connectivity index (χ0) is 15.5. The summed E-state index contributed by atoms with van der Waals surface area (Å²) in [7, 11) is 0. The summed E-state index contributed by atoms with van der Waals surface area (Å²) in [4.78, 5) is 21.4. The van der Waals surface area contributed by atoms with Gasteiger partial charge in [0, 0.05) is 25.3 Å². The Hall–Kier alpha value is -2.34. The van der Waals surface area contributed by atoms with E-state index < -0.39 is 5.97 Å². The lowest BCUT2D eigenvalue weighted by Crippen LogP contribution is -2.27. The lowest BCUT2D eigenvalue weighted by molar-refractivity contribution is 0.0690. The Kier molecular flexibility index (Phi) is 4.11. The molecule has 1 aliphatic rings. The fraction of sp³-hybridized carbons (Fsp3) is 0.267. The number of nitrogens with one attached hydrogen (secondary N) is 1. The Bertz CT molecular complexity index is 695. The van der Waals surface area contributed by atoms with E-state index in [0.717, 1.165) is 25.3 Å². The summed E-state index contributed by atoms with van der Waals surface area (Å²) in [6.07, 6.45) is 2.63. The molecule has 0 spiro atoms. The van der Waals surface area contributed by atoms with E-state index in [1.165, 1.54) is 6.07 Å². The minimum Gasteiger partial charge on any atom is -0.477 e. The summed E-state index contributed by atoms with van der Waals surface area (Å²) in [5.41, 5.74) is 0.0348. The topological polar surface area (TPSA) is 78.4 Å². The van der Waals surface area contributed by atoms with Gasteiger partial charge in [0.1, 0.15) is 11.6 Å². The van der Waals surface area contributed by atoms with Crippen LogP contribution in [0.1, 0.15) is 16.9 Å². The minimum atomic E-state index is -1.03. The Labute approximate surface area is 132 Å². The summed E-state index contributed by atoms with van der Waals surface area (Å²) in [6, 6.07) is 8.72. The molecule has 0 radical (unpaired) electrons. The summed E-state index contributed by atoms with van der Waals surface area (Å²) in [5.74, 6) is 0.316. The normalized spacial score (nSPS) is 17.5. The molecule has 0 aliphatic carbocycles. The number of aromatic carboxylic acids is 1. The summed E-state index contributed by atoms with van der Waals surface area (Å²) >= 11 is 6.17. The van der Waals surface area contributed by atoms with Crippen LogP contribution in [0.5, 0.6) is 0 Å². The number of carboxylic acid groups (broad SMARTS) is 1. The molecule has 22 heavy (non-hydrogen) atoms. The van der Waals surface area contributed by atoms with Crippen LogP contribution in [0, 0.1) is 0 Å². The largest absolute Gasteiger partial charge is 0.477 e. The number of nitrogens with zero attached hydrogens (tertiary/aromatic N) is 3. The van der Waals surface area contributed by atoms with E-state index in [9.17, 15) is 4.79 Å². The number of aromatic nitrogens is 2. The van der Waals surface area contributed by atoms with Crippen molar-refractivity contribution >= 4 is 29.2 Å². The lowest BCUT2D eigenvalue weighted by Gasteiger charge is -2.19. The van der Waals surface area contributed by atoms with E-state index in [2.05, 4.69) is 20.2 Å². The van der Waals surface area contributed by atoms with Gasteiger partial charge in [-0.15, -0.1) is 0 Å². The van der Waals surface area contributed by atoms with Gasteiger partial charge in [-0.3, -0.25) is 0 Å². The Balaban J connectivity index is 1.67. The smallest absolute Gasteiger partial charge is 0.354 e. The molecular formula is C15H15ClN4O2. The molecule has 1 aliphatic heterocycles. The highest BCUT2D eigenvalue weighted by Crippen LogP contribution is 2.26. The average molecular weight is 319 g/mol. The predicted octanol–water partition coefficient (Wildman–Crippen LogP) is 2.52. The van der Waals surface area contributed by atoms with E-state index >= 15 is 0 Å². The van der Waals surface area contributed by atoms with Gasteiger partial charge in [0.15, 0.2) is 5.69 Å². The van der Waals surface area contributed by atoms with Gasteiger partial charge >= 0.3 is 5.97 Å². The first-order chi connectivity index (χ1) is 10.6. The Morgan fingerprint density at radius 1 is 1.36 bits per heavy atom. The predicted molar refractivity (Wildman–Crippen MR) is 84.7 cm³/mol. The molecule has 1 saturated heterocycles. The first-order valence-corrected chi connectivity index (χ1v) is 7.33. The second-order valence-electron chi connectivity index (χ2n) is 5.10. The molecule has 1 unspecified atom stereocenters. The van der Waals surface area contributed by atoms with Crippen molar-refractivity contribution in [2.45, 2.75) is 12.5 Å². The second kappa shape index (κ2) is 6.19. The quantitative estimate of drug-likeness (QED) is 0.902. The molecule has 3 rings (SSSR count). The molecule has 0 aromatic carbocycles.